The number of halogens is 3. The molecule has 2 aliphatic heterocycles. The van der Waals surface area contributed by atoms with Crippen LogP contribution in [-0.2, 0) is 14.6 Å². The lowest BCUT2D eigenvalue weighted by Gasteiger charge is -2.40. The summed E-state index contributed by atoms with van der Waals surface area (Å²) in [6.45, 7) is 3.08. The lowest BCUT2D eigenvalue weighted by Crippen LogP contribution is -2.55. The molecule has 2 bridgehead atoms. The molecule has 11 heteroatoms. The Balaban J connectivity index is 1.42. The lowest BCUT2D eigenvalue weighted by atomic mass is 9.96. The number of hydrogen-bond donors (Lipinski definition) is 1. The highest BCUT2D eigenvalue weighted by atomic mass is 35.5. The van der Waals surface area contributed by atoms with E-state index in [4.69, 9.17) is 16.3 Å². The fourth-order valence-electron chi connectivity index (χ4n) is 4.68. The highest BCUT2D eigenvalue weighted by Crippen LogP contribution is 2.39. The van der Waals surface area contributed by atoms with Gasteiger partial charge in [-0.2, -0.15) is 0 Å². The Labute approximate surface area is 202 Å². The highest BCUT2D eigenvalue weighted by molar-refractivity contribution is 7.90. The van der Waals surface area contributed by atoms with E-state index in [2.05, 4.69) is 15.2 Å². The molecule has 3 heterocycles. The van der Waals surface area contributed by atoms with Crippen LogP contribution in [-0.4, -0.2) is 49.3 Å². The molecule has 34 heavy (non-hydrogen) atoms. The zero-order valence-electron chi connectivity index (χ0n) is 19.0. The van der Waals surface area contributed by atoms with Crippen molar-refractivity contribution in [2.75, 3.05) is 11.2 Å². The van der Waals surface area contributed by atoms with Crippen LogP contribution in [0.5, 0.6) is 5.75 Å². The van der Waals surface area contributed by atoms with Crippen LogP contribution in [0.25, 0.3) is 0 Å². The SMILES string of the molecule is CC(C)(Oc1cc(F)c(F)cc1Cl)C(=O)NC1C[C@H]2CC[C@@H](C1)N2c1ccc(S(C)(=O)=O)cn1. The Kier molecular flexibility index (Phi) is 6.50. The van der Waals surface area contributed by atoms with E-state index in [9.17, 15) is 22.0 Å². The van der Waals surface area contributed by atoms with Crippen molar-refractivity contribution in [1.82, 2.24) is 10.3 Å². The van der Waals surface area contributed by atoms with E-state index in [1.165, 1.54) is 20.0 Å². The van der Waals surface area contributed by atoms with Gasteiger partial charge in [0.2, 0.25) is 0 Å². The van der Waals surface area contributed by atoms with Gasteiger partial charge in [0.05, 0.1) is 9.92 Å². The van der Waals surface area contributed by atoms with Crippen molar-refractivity contribution < 1.29 is 26.7 Å². The molecular weight excluding hydrogens is 488 g/mol. The second-order valence-electron chi connectivity index (χ2n) is 9.37. The number of hydrogen-bond acceptors (Lipinski definition) is 6. The largest absolute Gasteiger partial charge is 0.476 e. The Morgan fingerprint density at radius 1 is 1.18 bits per heavy atom. The number of sulfone groups is 1. The average molecular weight is 514 g/mol. The first-order chi connectivity index (χ1) is 15.8. The van der Waals surface area contributed by atoms with Crippen LogP contribution in [0.15, 0.2) is 35.4 Å². The maximum atomic E-state index is 13.6. The van der Waals surface area contributed by atoms with Crippen molar-refractivity contribution in [3.8, 4) is 5.75 Å². The molecule has 2 aliphatic rings. The van der Waals surface area contributed by atoms with Crippen molar-refractivity contribution in [3.05, 3.63) is 47.1 Å². The number of fused-ring (bicyclic) bond motifs is 2. The monoisotopic (exact) mass is 513 g/mol. The minimum absolute atomic E-state index is 0.0974. The first-order valence-electron chi connectivity index (χ1n) is 10.9. The first-order valence-corrected chi connectivity index (χ1v) is 13.2. The summed E-state index contributed by atoms with van der Waals surface area (Å²) in [5, 5.41) is 2.90. The van der Waals surface area contributed by atoms with Crippen molar-refractivity contribution in [3.63, 3.8) is 0 Å². The maximum Gasteiger partial charge on any atom is 0.263 e. The highest BCUT2D eigenvalue weighted by Gasteiger charge is 2.43. The Hall–Kier alpha value is -2.46. The predicted molar refractivity (Wildman–Crippen MR) is 124 cm³/mol. The van der Waals surface area contributed by atoms with E-state index in [1.807, 2.05) is 0 Å². The summed E-state index contributed by atoms with van der Waals surface area (Å²) < 4.78 is 56.0. The van der Waals surface area contributed by atoms with E-state index < -0.39 is 27.1 Å². The van der Waals surface area contributed by atoms with Crippen LogP contribution < -0.4 is 15.0 Å². The zero-order chi connectivity index (χ0) is 24.8. The summed E-state index contributed by atoms with van der Waals surface area (Å²) in [5.41, 5.74) is -1.37. The number of carbonyl (C=O) groups excluding carboxylic acids is 1. The molecule has 1 N–H and O–H groups in total. The smallest absolute Gasteiger partial charge is 0.263 e. The van der Waals surface area contributed by atoms with Crippen molar-refractivity contribution in [1.29, 1.82) is 0 Å². The van der Waals surface area contributed by atoms with E-state index in [-0.39, 0.29) is 39.7 Å². The Morgan fingerprint density at radius 3 is 2.35 bits per heavy atom. The molecule has 0 radical (unpaired) electrons. The van der Waals surface area contributed by atoms with Gasteiger partial charge in [-0.15, -0.1) is 0 Å². The number of nitrogens with one attached hydrogen (secondary N) is 1. The Morgan fingerprint density at radius 2 is 1.79 bits per heavy atom. The van der Waals surface area contributed by atoms with Gasteiger partial charge in [0.15, 0.2) is 27.1 Å². The van der Waals surface area contributed by atoms with E-state index >= 15 is 0 Å². The van der Waals surface area contributed by atoms with Crippen LogP contribution in [0.4, 0.5) is 14.6 Å². The van der Waals surface area contributed by atoms with Gasteiger partial charge in [-0.1, -0.05) is 11.6 Å². The van der Waals surface area contributed by atoms with Gasteiger partial charge in [-0.25, -0.2) is 22.2 Å². The summed E-state index contributed by atoms with van der Waals surface area (Å²) in [6, 6.07) is 5.14. The predicted octanol–water partition coefficient (Wildman–Crippen LogP) is 3.89. The molecule has 2 fully saturated rings. The molecule has 0 spiro atoms. The maximum absolute atomic E-state index is 13.6. The van der Waals surface area contributed by atoms with Crippen LogP contribution >= 0.6 is 11.6 Å². The third kappa shape index (κ3) is 4.98. The number of ether oxygens (including phenoxy) is 1. The molecule has 1 aromatic carbocycles. The van der Waals surface area contributed by atoms with Crippen LogP contribution in [0, 0.1) is 11.6 Å². The average Bonchev–Trinajstić information content (AvgIpc) is 3.01. The second kappa shape index (κ2) is 8.96. The first kappa shape index (κ1) is 24.7. The summed E-state index contributed by atoms with van der Waals surface area (Å²) in [4.78, 5) is 19.7. The van der Waals surface area contributed by atoms with E-state index in [1.54, 1.807) is 12.1 Å². The van der Waals surface area contributed by atoms with Gasteiger partial charge in [-0.05, 0) is 57.7 Å². The third-order valence-electron chi connectivity index (χ3n) is 6.37. The molecule has 0 aliphatic carbocycles. The fraction of sp³-hybridized carbons (Fsp3) is 0.478. The molecular formula is C23H26ClF2N3O4S. The number of carbonyl (C=O) groups is 1. The number of benzene rings is 1. The summed E-state index contributed by atoms with van der Waals surface area (Å²) in [5.74, 6) is -1.98. The molecule has 3 atom stereocenters. The van der Waals surface area contributed by atoms with Crippen LogP contribution in [0.3, 0.4) is 0 Å². The number of amides is 1. The molecule has 1 amide bonds. The minimum atomic E-state index is -3.32. The number of anilines is 1. The molecule has 184 valence electrons. The molecule has 4 rings (SSSR count). The van der Waals surface area contributed by atoms with Gasteiger partial charge >= 0.3 is 0 Å². The van der Waals surface area contributed by atoms with Crippen molar-refractivity contribution in [2.24, 2.45) is 0 Å². The van der Waals surface area contributed by atoms with Crippen LogP contribution in [0.1, 0.15) is 39.5 Å². The quantitative estimate of drug-likeness (QED) is 0.590. The van der Waals surface area contributed by atoms with Gasteiger partial charge in [0, 0.05) is 36.6 Å². The standard InChI is InChI=1S/C23H26ClF2N3O4S/c1-23(2,33-20-11-19(26)18(25)10-17(20)24)22(30)28-13-8-14-4-5-15(9-13)29(14)21-7-6-16(12-27-21)34(3,31)32/h6-7,10-15H,4-5,8-9H2,1-3H3,(H,28,30)/t13?,14-,15+. The molecule has 1 aromatic heterocycles. The summed E-state index contributed by atoms with van der Waals surface area (Å²) in [6.07, 6.45) is 5.79. The van der Waals surface area contributed by atoms with Crippen LogP contribution in [0.2, 0.25) is 5.02 Å². The molecule has 0 saturated carbocycles. The third-order valence-corrected chi connectivity index (χ3v) is 7.76. The second-order valence-corrected chi connectivity index (χ2v) is 11.8. The van der Waals surface area contributed by atoms with Gasteiger partial charge in [-0.3, -0.25) is 4.79 Å². The summed E-state index contributed by atoms with van der Waals surface area (Å²) >= 11 is 5.95. The van der Waals surface area contributed by atoms with Crippen molar-refractivity contribution >= 4 is 33.2 Å². The van der Waals surface area contributed by atoms with Crippen molar-refractivity contribution in [2.45, 2.75) is 68.2 Å². The van der Waals surface area contributed by atoms with Gasteiger partial charge < -0.3 is 15.0 Å². The van der Waals surface area contributed by atoms with Gasteiger partial charge in [0.1, 0.15) is 11.6 Å². The van der Waals surface area contributed by atoms with Gasteiger partial charge in [0.25, 0.3) is 5.91 Å². The fourth-order valence-corrected chi connectivity index (χ4v) is 5.42. The molecule has 1 unspecified atom stereocenters. The Bertz CT molecular complexity index is 1190. The van der Waals surface area contributed by atoms with E-state index in [0.717, 1.165) is 37.0 Å². The van der Waals surface area contributed by atoms with E-state index in [0.29, 0.717) is 12.8 Å². The molecule has 7 nitrogen and oxygen atoms in total. The molecule has 2 aromatic rings. The topological polar surface area (TPSA) is 88.6 Å². The summed E-state index contributed by atoms with van der Waals surface area (Å²) in [7, 11) is -3.32. The zero-order valence-corrected chi connectivity index (χ0v) is 20.6. The number of piperidine rings is 1. The number of aromatic nitrogens is 1. The number of pyridine rings is 1. The number of nitrogens with zero attached hydrogens (tertiary/aromatic N) is 2. The minimum Gasteiger partial charge on any atom is -0.476 e. The molecule has 2 saturated heterocycles. The lowest BCUT2D eigenvalue weighted by molar-refractivity contribution is -0.135. The number of rotatable bonds is 6. The normalized spacial score (nSPS) is 22.5.